The molecule has 16 heavy (non-hydrogen) atoms. The van der Waals surface area contributed by atoms with Gasteiger partial charge in [-0.05, 0) is 36.2 Å². The van der Waals surface area contributed by atoms with Crippen LogP contribution in [0.5, 0.6) is 0 Å². The highest BCUT2D eigenvalue weighted by Crippen LogP contribution is 2.25. The number of hydrogen-bond donors (Lipinski definition) is 1. The van der Waals surface area contributed by atoms with E-state index in [0.717, 1.165) is 16.3 Å². The second-order valence-electron chi connectivity index (χ2n) is 3.89. The van der Waals surface area contributed by atoms with Crippen LogP contribution < -0.4 is 0 Å². The second kappa shape index (κ2) is 3.57. The van der Waals surface area contributed by atoms with Crippen LogP contribution in [-0.2, 0) is 10.1 Å². The summed E-state index contributed by atoms with van der Waals surface area (Å²) in [5, 5.41) is 1.82. The highest BCUT2D eigenvalue weighted by molar-refractivity contribution is 7.85. The number of benzene rings is 2. The van der Waals surface area contributed by atoms with Gasteiger partial charge >= 0.3 is 0 Å². The number of rotatable bonds is 1. The first-order valence-corrected chi connectivity index (χ1v) is 6.31. The van der Waals surface area contributed by atoms with Crippen LogP contribution in [0.1, 0.15) is 11.1 Å². The van der Waals surface area contributed by atoms with Crippen LogP contribution in [0.4, 0.5) is 0 Å². The predicted octanol–water partition coefficient (Wildman–Crippen LogP) is 2.70. The van der Waals surface area contributed by atoms with Crippen LogP contribution in [0, 0.1) is 13.8 Å². The molecule has 2 aromatic rings. The molecule has 0 heterocycles. The quantitative estimate of drug-likeness (QED) is 0.774. The zero-order chi connectivity index (χ0) is 11.9. The Morgan fingerprint density at radius 2 is 1.75 bits per heavy atom. The van der Waals surface area contributed by atoms with E-state index in [1.54, 1.807) is 13.0 Å². The lowest BCUT2D eigenvalue weighted by molar-refractivity contribution is 0.483. The molecule has 0 radical (unpaired) electrons. The minimum Gasteiger partial charge on any atom is -0.282 e. The summed E-state index contributed by atoms with van der Waals surface area (Å²) < 4.78 is 31.3. The zero-order valence-corrected chi connectivity index (χ0v) is 9.88. The Morgan fingerprint density at radius 3 is 2.38 bits per heavy atom. The van der Waals surface area contributed by atoms with Crippen molar-refractivity contribution in [3.63, 3.8) is 0 Å². The van der Waals surface area contributed by atoms with Gasteiger partial charge in [0.1, 0.15) is 0 Å². The van der Waals surface area contributed by atoms with Crippen LogP contribution in [0.2, 0.25) is 0 Å². The minimum atomic E-state index is -4.14. The molecule has 4 heteroatoms. The van der Waals surface area contributed by atoms with Gasteiger partial charge in [-0.1, -0.05) is 29.8 Å². The molecule has 0 aliphatic rings. The Balaban J connectivity index is 2.86. The molecule has 0 aromatic heterocycles. The van der Waals surface area contributed by atoms with E-state index in [2.05, 4.69) is 0 Å². The average Bonchev–Trinajstić information content (AvgIpc) is 2.15. The first kappa shape index (κ1) is 11.1. The van der Waals surface area contributed by atoms with Gasteiger partial charge in [0.15, 0.2) is 0 Å². The van der Waals surface area contributed by atoms with Crippen molar-refractivity contribution < 1.29 is 13.0 Å². The van der Waals surface area contributed by atoms with Gasteiger partial charge in [0.05, 0.1) is 4.90 Å². The summed E-state index contributed by atoms with van der Waals surface area (Å²) in [6.07, 6.45) is 0. The van der Waals surface area contributed by atoms with Crippen molar-refractivity contribution in [3.05, 3.63) is 41.5 Å². The highest BCUT2D eigenvalue weighted by atomic mass is 32.2. The maximum atomic E-state index is 11.1. The fourth-order valence-electron chi connectivity index (χ4n) is 1.86. The average molecular weight is 236 g/mol. The van der Waals surface area contributed by atoms with E-state index in [9.17, 15) is 8.42 Å². The molecule has 0 aliphatic carbocycles. The first-order valence-electron chi connectivity index (χ1n) is 4.87. The Bertz CT molecular complexity index is 657. The number of fused-ring (bicyclic) bond motifs is 1. The fraction of sp³-hybridized carbons (Fsp3) is 0.167. The van der Waals surface area contributed by atoms with Gasteiger partial charge in [0, 0.05) is 0 Å². The summed E-state index contributed by atoms with van der Waals surface area (Å²) in [6.45, 7) is 3.67. The van der Waals surface area contributed by atoms with Crippen molar-refractivity contribution >= 4 is 20.9 Å². The molecule has 3 nitrogen and oxygen atoms in total. The van der Waals surface area contributed by atoms with Gasteiger partial charge < -0.3 is 0 Å². The molecular weight excluding hydrogens is 224 g/mol. The first-order chi connectivity index (χ1) is 7.39. The Labute approximate surface area is 94.5 Å². The molecule has 1 N–H and O–H groups in total. The maximum absolute atomic E-state index is 11.1. The van der Waals surface area contributed by atoms with Gasteiger partial charge in [0.25, 0.3) is 10.1 Å². The van der Waals surface area contributed by atoms with Crippen LogP contribution in [0.15, 0.2) is 35.2 Å². The molecule has 0 saturated heterocycles. The second-order valence-corrected chi connectivity index (χ2v) is 5.28. The molecule has 0 unspecified atom stereocenters. The lowest BCUT2D eigenvalue weighted by atomic mass is 10.0. The standard InChI is InChI=1S/C12H12O3S/c1-8-3-5-11-9(2)12(16(13,14)15)6-4-10(11)7-8/h3-7H,1-2H3,(H,13,14,15). The van der Waals surface area contributed by atoms with Crippen LogP contribution in [0.3, 0.4) is 0 Å². The minimum absolute atomic E-state index is 0.0242. The van der Waals surface area contributed by atoms with Crippen molar-refractivity contribution in [2.45, 2.75) is 18.7 Å². The third kappa shape index (κ3) is 1.81. The van der Waals surface area contributed by atoms with Gasteiger partial charge in [-0.2, -0.15) is 8.42 Å². The lowest BCUT2D eigenvalue weighted by Gasteiger charge is -2.07. The molecule has 0 saturated carbocycles. The summed E-state index contributed by atoms with van der Waals surface area (Å²) in [5.74, 6) is 0. The van der Waals surface area contributed by atoms with Crippen molar-refractivity contribution in [2.75, 3.05) is 0 Å². The van der Waals surface area contributed by atoms with Crippen LogP contribution >= 0.6 is 0 Å². The molecule has 0 atom stereocenters. The molecule has 2 aromatic carbocycles. The summed E-state index contributed by atoms with van der Waals surface area (Å²) in [4.78, 5) is -0.0242. The molecule has 0 fully saturated rings. The monoisotopic (exact) mass is 236 g/mol. The molecule has 0 aliphatic heterocycles. The molecule has 0 bridgehead atoms. The van der Waals surface area contributed by atoms with Crippen LogP contribution in [0.25, 0.3) is 10.8 Å². The predicted molar refractivity (Wildman–Crippen MR) is 63.2 cm³/mol. The smallest absolute Gasteiger partial charge is 0.282 e. The van der Waals surface area contributed by atoms with Crippen molar-refractivity contribution in [1.82, 2.24) is 0 Å². The van der Waals surface area contributed by atoms with E-state index in [4.69, 9.17) is 4.55 Å². The van der Waals surface area contributed by atoms with E-state index in [1.807, 2.05) is 25.1 Å². The maximum Gasteiger partial charge on any atom is 0.294 e. The fourth-order valence-corrected chi connectivity index (χ4v) is 2.60. The lowest BCUT2D eigenvalue weighted by Crippen LogP contribution is -2.01. The SMILES string of the molecule is Cc1ccc2c(C)c(S(=O)(=O)O)ccc2c1. The zero-order valence-electron chi connectivity index (χ0n) is 9.06. The Morgan fingerprint density at radius 1 is 1.06 bits per heavy atom. The third-order valence-corrected chi connectivity index (χ3v) is 3.67. The van der Waals surface area contributed by atoms with Gasteiger partial charge in [-0.25, -0.2) is 0 Å². The summed E-state index contributed by atoms with van der Waals surface area (Å²) in [5.41, 5.74) is 1.70. The number of hydrogen-bond acceptors (Lipinski definition) is 2. The molecule has 0 spiro atoms. The van der Waals surface area contributed by atoms with E-state index in [-0.39, 0.29) is 4.90 Å². The molecule has 0 amide bonds. The summed E-state index contributed by atoms with van der Waals surface area (Å²) in [7, 11) is -4.14. The topological polar surface area (TPSA) is 54.4 Å². The van der Waals surface area contributed by atoms with E-state index < -0.39 is 10.1 Å². The van der Waals surface area contributed by atoms with Crippen molar-refractivity contribution in [2.24, 2.45) is 0 Å². The normalized spacial score (nSPS) is 11.9. The van der Waals surface area contributed by atoms with E-state index >= 15 is 0 Å². The van der Waals surface area contributed by atoms with Gasteiger partial charge in [-0.3, -0.25) is 4.55 Å². The molecule has 2 rings (SSSR count). The molecule has 84 valence electrons. The van der Waals surface area contributed by atoms with Gasteiger partial charge in [-0.15, -0.1) is 0 Å². The number of aryl methyl sites for hydroxylation is 2. The summed E-state index contributed by atoms with van der Waals surface area (Å²) in [6, 6.07) is 8.92. The Hall–Kier alpha value is -1.39. The highest BCUT2D eigenvalue weighted by Gasteiger charge is 2.14. The van der Waals surface area contributed by atoms with Crippen molar-refractivity contribution in [1.29, 1.82) is 0 Å². The largest absolute Gasteiger partial charge is 0.294 e. The third-order valence-electron chi connectivity index (χ3n) is 2.67. The summed E-state index contributed by atoms with van der Waals surface area (Å²) >= 11 is 0. The van der Waals surface area contributed by atoms with Crippen molar-refractivity contribution in [3.8, 4) is 0 Å². The van der Waals surface area contributed by atoms with E-state index in [0.29, 0.717) is 5.56 Å². The van der Waals surface area contributed by atoms with Crippen LogP contribution in [-0.4, -0.2) is 13.0 Å². The molecular formula is C12H12O3S. The Kier molecular flexibility index (Phi) is 2.48. The van der Waals surface area contributed by atoms with E-state index in [1.165, 1.54) is 6.07 Å². The van der Waals surface area contributed by atoms with Gasteiger partial charge in [0.2, 0.25) is 0 Å².